The van der Waals surface area contributed by atoms with Crippen LogP contribution in [0, 0.1) is 12.3 Å². The summed E-state index contributed by atoms with van der Waals surface area (Å²) in [7, 11) is 0. The maximum Gasteiger partial charge on any atom is 0.208 e. The van der Waals surface area contributed by atoms with Gasteiger partial charge in [-0.15, -0.1) is 5.10 Å². The van der Waals surface area contributed by atoms with Crippen LogP contribution in [-0.4, -0.2) is 27.5 Å². The highest BCUT2D eigenvalue weighted by molar-refractivity contribution is 7.99. The molecule has 0 aromatic carbocycles. The van der Waals surface area contributed by atoms with Crippen molar-refractivity contribution < 1.29 is 0 Å². The Morgan fingerprint density at radius 2 is 2.36 bits per heavy atom. The van der Waals surface area contributed by atoms with E-state index in [4.69, 9.17) is 5.73 Å². The smallest absolute Gasteiger partial charge is 0.208 e. The van der Waals surface area contributed by atoms with Crippen LogP contribution < -0.4 is 5.73 Å². The summed E-state index contributed by atoms with van der Waals surface area (Å²) in [6, 6.07) is 0. The molecule has 2 rings (SSSR count). The van der Waals surface area contributed by atoms with E-state index < -0.39 is 0 Å². The van der Waals surface area contributed by atoms with Crippen LogP contribution in [0.1, 0.15) is 25.1 Å². The first-order valence-corrected chi connectivity index (χ1v) is 5.95. The summed E-state index contributed by atoms with van der Waals surface area (Å²) in [5, 5.41) is 7.82. The number of nitrogens with two attached hydrogens (primary N) is 1. The minimum absolute atomic E-state index is 0.508. The molecule has 1 fully saturated rings. The normalized spacial score (nSPS) is 18.4. The van der Waals surface area contributed by atoms with Crippen LogP contribution in [0.3, 0.4) is 0 Å². The quantitative estimate of drug-likeness (QED) is 0.723. The van der Waals surface area contributed by atoms with Crippen molar-refractivity contribution in [1.29, 1.82) is 0 Å². The Morgan fingerprint density at radius 3 is 2.86 bits per heavy atom. The number of hydrogen-bond acceptors (Lipinski definition) is 4. The highest BCUT2D eigenvalue weighted by Crippen LogP contribution is 2.51. The van der Waals surface area contributed by atoms with Gasteiger partial charge in [0.25, 0.3) is 0 Å². The summed E-state index contributed by atoms with van der Waals surface area (Å²) in [6.45, 7) is 2.72. The fourth-order valence-electron chi connectivity index (χ4n) is 1.55. The van der Waals surface area contributed by atoms with Gasteiger partial charge < -0.3 is 5.73 Å². The van der Waals surface area contributed by atoms with Crippen molar-refractivity contribution in [3.05, 3.63) is 5.82 Å². The van der Waals surface area contributed by atoms with Gasteiger partial charge in [-0.3, -0.25) is 5.10 Å². The zero-order chi connectivity index (χ0) is 10.0. The number of aromatic nitrogens is 3. The molecular weight excluding hydrogens is 196 g/mol. The monoisotopic (exact) mass is 212 g/mol. The van der Waals surface area contributed by atoms with Gasteiger partial charge >= 0.3 is 0 Å². The first kappa shape index (κ1) is 9.98. The molecule has 1 aromatic heterocycles. The second kappa shape index (κ2) is 3.90. The summed E-state index contributed by atoms with van der Waals surface area (Å²) in [5.74, 6) is 2.00. The van der Waals surface area contributed by atoms with E-state index in [0.29, 0.717) is 5.41 Å². The molecule has 0 bridgehead atoms. The lowest BCUT2D eigenvalue weighted by Gasteiger charge is -2.10. The van der Waals surface area contributed by atoms with Crippen molar-refractivity contribution in [2.75, 3.05) is 12.3 Å². The molecule has 0 amide bonds. The number of H-pyrrole nitrogens is 1. The van der Waals surface area contributed by atoms with Crippen molar-refractivity contribution >= 4 is 11.8 Å². The van der Waals surface area contributed by atoms with Gasteiger partial charge in [0, 0.05) is 5.75 Å². The van der Waals surface area contributed by atoms with Crippen LogP contribution in [0.4, 0.5) is 0 Å². The molecule has 1 heterocycles. The van der Waals surface area contributed by atoms with Gasteiger partial charge in [-0.05, 0) is 38.1 Å². The van der Waals surface area contributed by atoms with Crippen molar-refractivity contribution in [1.82, 2.24) is 15.2 Å². The molecule has 14 heavy (non-hydrogen) atoms. The van der Waals surface area contributed by atoms with E-state index in [-0.39, 0.29) is 0 Å². The number of nitrogens with one attached hydrogen (secondary N) is 1. The highest BCUT2D eigenvalue weighted by Gasteiger charge is 2.41. The fourth-order valence-corrected chi connectivity index (χ4v) is 2.73. The Balaban J connectivity index is 1.82. The Kier molecular flexibility index (Phi) is 2.78. The van der Waals surface area contributed by atoms with Gasteiger partial charge in [-0.25, -0.2) is 4.98 Å². The SMILES string of the molecule is Cc1nc(SCC2(CCN)CC2)n[nH]1. The summed E-state index contributed by atoms with van der Waals surface area (Å²) in [6.07, 6.45) is 3.78. The van der Waals surface area contributed by atoms with E-state index in [1.54, 1.807) is 11.8 Å². The van der Waals surface area contributed by atoms with Gasteiger partial charge in [-0.2, -0.15) is 0 Å². The Morgan fingerprint density at radius 1 is 1.57 bits per heavy atom. The molecule has 4 nitrogen and oxygen atoms in total. The third-order valence-electron chi connectivity index (χ3n) is 2.72. The molecule has 78 valence electrons. The number of hydrogen-bond donors (Lipinski definition) is 2. The molecule has 1 aliphatic rings. The second-order valence-corrected chi connectivity index (χ2v) is 4.97. The largest absolute Gasteiger partial charge is 0.330 e. The summed E-state index contributed by atoms with van der Waals surface area (Å²) in [5.41, 5.74) is 6.09. The van der Waals surface area contributed by atoms with Crippen LogP contribution >= 0.6 is 11.8 Å². The lowest BCUT2D eigenvalue weighted by atomic mass is 10.1. The average Bonchev–Trinajstić information content (AvgIpc) is 2.80. The van der Waals surface area contributed by atoms with E-state index in [2.05, 4.69) is 15.2 Å². The number of nitrogens with zero attached hydrogens (tertiary/aromatic N) is 2. The highest BCUT2D eigenvalue weighted by atomic mass is 32.2. The summed E-state index contributed by atoms with van der Waals surface area (Å²) in [4.78, 5) is 4.27. The topological polar surface area (TPSA) is 67.6 Å². The van der Waals surface area contributed by atoms with Crippen LogP contribution in [0.25, 0.3) is 0 Å². The van der Waals surface area contributed by atoms with Crippen LogP contribution in [0.2, 0.25) is 0 Å². The Bertz CT molecular complexity index is 306. The molecule has 0 saturated heterocycles. The Hall–Kier alpha value is -0.550. The fraction of sp³-hybridized carbons (Fsp3) is 0.778. The molecule has 0 aliphatic heterocycles. The predicted octanol–water partition coefficient (Wildman–Crippen LogP) is 1.33. The molecule has 1 aliphatic carbocycles. The number of thioether (sulfide) groups is 1. The summed E-state index contributed by atoms with van der Waals surface area (Å²) >= 11 is 1.74. The van der Waals surface area contributed by atoms with E-state index in [1.807, 2.05) is 6.92 Å². The summed E-state index contributed by atoms with van der Waals surface area (Å²) < 4.78 is 0. The van der Waals surface area contributed by atoms with Gasteiger partial charge in [0.2, 0.25) is 5.16 Å². The molecule has 0 radical (unpaired) electrons. The van der Waals surface area contributed by atoms with Crippen LogP contribution in [0.5, 0.6) is 0 Å². The van der Waals surface area contributed by atoms with E-state index in [0.717, 1.165) is 29.7 Å². The van der Waals surface area contributed by atoms with Gasteiger partial charge in [0.1, 0.15) is 5.82 Å². The maximum atomic E-state index is 5.58. The van der Waals surface area contributed by atoms with E-state index in [9.17, 15) is 0 Å². The molecule has 1 saturated carbocycles. The van der Waals surface area contributed by atoms with Gasteiger partial charge in [-0.1, -0.05) is 11.8 Å². The minimum atomic E-state index is 0.508. The van der Waals surface area contributed by atoms with Crippen LogP contribution in [-0.2, 0) is 0 Å². The average molecular weight is 212 g/mol. The number of aromatic amines is 1. The molecule has 5 heteroatoms. The van der Waals surface area contributed by atoms with Crippen LogP contribution in [0.15, 0.2) is 5.16 Å². The third kappa shape index (κ3) is 2.27. The molecular formula is C9H16N4S. The molecule has 0 spiro atoms. The molecule has 0 unspecified atom stereocenters. The third-order valence-corrected chi connectivity index (χ3v) is 3.91. The van der Waals surface area contributed by atoms with Crippen molar-refractivity contribution in [2.24, 2.45) is 11.1 Å². The lowest BCUT2D eigenvalue weighted by molar-refractivity contribution is 0.537. The van der Waals surface area contributed by atoms with Crippen molar-refractivity contribution in [3.63, 3.8) is 0 Å². The standard InChI is InChI=1S/C9H16N4S/c1-7-11-8(13-12-7)14-6-9(2-3-9)4-5-10/h2-6,10H2,1H3,(H,11,12,13). The first-order chi connectivity index (χ1) is 6.74. The van der Waals surface area contributed by atoms with E-state index in [1.165, 1.54) is 12.8 Å². The molecule has 1 aromatic rings. The Labute approximate surface area is 88.1 Å². The lowest BCUT2D eigenvalue weighted by Crippen LogP contribution is -2.11. The van der Waals surface area contributed by atoms with E-state index >= 15 is 0 Å². The zero-order valence-corrected chi connectivity index (χ0v) is 9.23. The van der Waals surface area contributed by atoms with Gasteiger partial charge in [0.15, 0.2) is 0 Å². The molecule has 3 N–H and O–H groups in total. The van der Waals surface area contributed by atoms with Crippen molar-refractivity contribution in [3.8, 4) is 0 Å². The van der Waals surface area contributed by atoms with Crippen molar-refractivity contribution in [2.45, 2.75) is 31.3 Å². The zero-order valence-electron chi connectivity index (χ0n) is 8.42. The predicted molar refractivity (Wildman–Crippen MR) is 57.2 cm³/mol. The number of rotatable bonds is 5. The van der Waals surface area contributed by atoms with Gasteiger partial charge in [0.05, 0.1) is 0 Å². The maximum absolute atomic E-state index is 5.58. The second-order valence-electron chi connectivity index (χ2n) is 4.03. The molecule has 0 atom stereocenters. The minimum Gasteiger partial charge on any atom is -0.330 e. The first-order valence-electron chi connectivity index (χ1n) is 4.96. The number of aryl methyl sites for hydroxylation is 1.